The van der Waals surface area contributed by atoms with Gasteiger partial charge in [-0.1, -0.05) is 18.2 Å². The summed E-state index contributed by atoms with van der Waals surface area (Å²) in [5, 5.41) is 9.11. The fourth-order valence-corrected chi connectivity index (χ4v) is 4.13. The molecule has 6 nitrogen and oxygen atoms in total. The number of ether oxygens (including phenoxy) is 1. The van der Waals surface area contributed by atoms with E-state index in [1.165, 1.54) is 29.7 Å². The Labute approximate surface area is 191 Å². The van der Waals surface area contributed by atoms with Crippen LogP contribution in [-0.2, 0) is 4.79 Å². The molecule has 0 radical (unpaired) electrons. The topological polar surface area (TPSA) is 68.0 Å². The minimum atomic E-state index is -0.716. The summed E-state index contributed by atoms with van der Waals surface area (Å²) in [7, 11) is 0. The smallest absolute Gasteiger partial charge is 0.262 e. The van der Waals surface area contributed by atoms with Crippen LogP contribution in [0.4, 0.5) is 20.2 Å². The highest BCUT2D eigenvalue weighted by molar-refractivity contribution is 7.07. The lowest BCUT2D eigenvalue weighted by molar-refractivity contribution is -0.118. The number of thiazole rings is 1. The number of anilines is 1. The van der Waals surface area contributed by atoms with E-state index in [2.05, 4.69) is 15.4 Å². The molecular formula is C24H16F2N4O2S. The first-order chi connectivity index (χ1) is 16.1. The Balaban J connectivity index is 1.63. The number of amides is 1. The van der Waals surface area contributed by atoms with E-state index >= 15 is 0 Å². The van der Waals surface area contributed by atoms with Crippen LogP contribution in [0.25, 0.3) is 11.3 Å². The van der Waals surface area contributed by atoms with Gasteiger partial charge >= 0.3 is 0 Å². The zero-order chi connectivity index (χ0) is 22.8. The van der Waals surface area contributed by atoms with Gasteiger partial charge in [-0.15, -0.1) is 11.3 Å². The maximum Gasteiger partial charge on any atom is 0.262 e. The van der Waals surface area contributed by atoms with Gasteiger partial charge in [-0.2, -0.15) is 5.10 Å². The summed E-state index contributed by atoms with van der Waals surface area (Å²) < 4.78 is 34.4. The first kappa shape index (κ1) is 20.8. The molecule has 164 valence electrons. The average molecular weight is 462 g/mol. The third kappa shape index (κ3) is 4.44. The average Bonchev–Trinajstić information content (AvgIpc) is 3.21. The summed E-state index contributed by atoms with van der Waals surface area (Å²) in [4.78, 5) is 16.9. The van der Waals surface area contributed by atoms with Gasteiger partial charge in [0.1, 0.15) is 17.4 Å². The molecule has 0 atom stereocenters. The van der Waals surface area contributed by atoms with Crippen molar-refractivity contribution in [1.82, 2.24) is 4.68 Å². The Morgan fingerprint density at radius 3 is 2.73 bits per heavy atom. The molecule has 0 saturated heterocycles. The monoisotopic (exact) mass is 462 g/mol. The van der Waals surface area contributed by atoms with Crippen LogP contribution in [0.15, 0.2) is 82.2 Å². The maximum atomic E-state index is 14.2. The van der Waals surface area contributed by atoms with E-state index in [-0.39, 0.29) is 18.1 Å². The lowest BCUT2D eigenvalue weighted by Gasteiger charge is -2.18. The molecule has 0 aliphatic carbocycles. The van der Waals surface area contributed by atoms with Crippen LogP contribution in [0.2, 0.25) is 0 Å². The molecule has 1 N–H and O–H groups in total. The molecule has 9 heteroatoms. The number of nitrogens with one attached hydrogen (secondary N) is 1. The Bertz CT molecular complexity index is 1440. The minimum absolute atomic E-state index is 0.0293. The van der Waals surface area contributed by atoms with E-state index in [9.17, 15) is 13.6 Å². The number of aromatic nitrogens is 1. The second-order valence-electron chi connectivity index (χ2n) is 7.12. The third-order valence-electron chi connectivity index (χ3n) is 4.85. The van der Waals surface area contributed by atoms with E-state index in [0.29, 0.717) is 21.9 Å². The van der Waals surface area contributed by atoms with E-state index in [4.69, 9.17) is 4.74 Å². The van der Waals surface area contributed by atoms with Gasteiger partial charge < -0.3 is 10.1 Å². The number of benzene rings is 3. The maximum absolute atomic E-state index is 14.2. The van der Waals surface area contributed by atoms with E-state index in [1.54, 1.807) is 16.8 Å². The largest absolute Gasteiger partial charge is 0.482 e. The molecule has 1 aliphatic heterocycles. The zero-order valence-electron chi connectivity index (χ0n) is 17.0. The van der Waals surface area contributed by atoms with E-state index in [0.717, 1.165) is 17.3 Å². The number of fused-ring (bicyclic) bond motifs is 1. The third-order valence-corrected chi connectivity index (χ3v) is 5.67. The van der Waals surface area contributed by atoms with E-state index in [1.807, 2.05) is 41.8 Å². The van der Waals surface area contributed by atoms with Crippen LogP contribution in [0, 0.1) is 11.6 Å². The molecular weight excluding hydrogens is 446 g/mol. The summed E-state index contributed by atoms with van der Waals surface area (Å²) >= 11 is 1.36. The Morgan fingerprint density at radius 2 is 1.91 bits per heavy atom. The molecule has 33 heavy (non-hydrogen) atoms. The van der Waals surface area contributed by atoms with Gasteiger partial charge in [-0.25, -0.2) is 18.4 Å². The zero-order valence-corrected chi connectivity index (χ0v) is 17.9. The molecule has 0 spiro atoms. The number of carbonyl (C=O) groups is 1. The number of carbonyl (C=O) groups excluding carboxylic acids is 1. The molecule has 1 aliphatic rings. The first-order valence-corrected chi connectivity index (χ1v) is 10.8. The second kappa shape index (κ2) is 8.79. The summed E-state index contributed by atoms with van der Waals surface area (Å²) in [5.41, 5.74) is 2.85. The predicted octanol–water partition coefficient (Wildman–Crippen LogP) is 4.94. The lowest BCUT2D eigenvalue weighted by atomic mass is 10.1. The van der Waals surface area contributed by atoms with Crippen LogP contribution >= 0.6 is 11.3 Å². The first-order valence-electron chi connectivity index (χ1n) is 9.93. The number of rotatable bonds is 4. The summed E-state index contributed by atoms with van der Waals surface area (Å²) in [6.07, 6.45) is 1.32. The van der Waals surface area contributed by atoms with Gasteiger partial charge in [-0.3, -0.25) is 4.79 Å². The lowest BCUT2D eigenvalue weighted by Crippen LogP contribution is -2.25. The van der Waals surface area contributed by atoms with Crippen molar-refractivity contribution in [3.05, 3.63) is 94.1 Å². The number of para-hydroxylation sites is 1. The van der Waals surface area contributed by atoms with Gasteiger partial charge in [0, 0.05) is 22.6 Å². The minimum Gasteiger partial charge on any atom is -0.482 e. The van der Waals surface area contributed by atoms with E-state index < -0.39 is 11.6 Å². The molecule has 4 aromatic rings. The normalized spacial score (nSPS) is 13.6. The second-order valence-corrected chi connectivity index (χ2v) is 7.96. The van der Waals surface area contributed by atoms with Crippen LogP contribution < -0.4 is 14.9 Å². The molecule has 2 heterocycles. The molecule has 1 amide bonds. The Hall–Kier alpha value is -4.11. The molecule has 0 unspecified atom stereocenters. The van der Waals surface area contributed by atoms with Gasteiger partial charge in [0.2, 0.25) is 4.80 Å². The molecule has 1 aromatic heterocycles. The van der Waals surface area contributed by atoms with Gasteiger partial charge in [0.15, 0.2) is 6.61 Å². The number of halogens is 2. The van der Waals surface area contributed by atoms with Crippen molar-refractivity contribution in [2.45, 2.75) is 0 Å². The van der Waals surface area contributed by atoms with Crippen LogP contribution in [0.3, 0.4) is 0 Å². The van der Waals surface area contributed by atoms with Crippen molar-refractivity contribution in [1.29, 1.82) is 0 Å². The summed E-state index contributed by atoms with van der Waals surface area (Å²) in [6, 6.07) is 18.1. The van der Waals surface area contributed by atoms with Crippen LogP contribution in [0.5, 0.6) is 5.75 Å². The highest BCUT2D eigenvalue weighted by Gasteiger charge is 2.18. The fourth-order valence-electron chi connectivity index (χ4n) is 3.27. The standard InChI is InChI=1S/C24H16F2N4O2S/c25-17-8-6-16(19(26)11-17)12-27-30-21(14-33-24(30)28-18-4-2-1-3-5-18)15-7-9-22-20(10-15)29-23(31)13-32-22/h1-12,14H,13H2,(H,29,31). The number of hydrogen-bond donors (Lipinski definition) is 1. The van der Waals surface area contributed by atoms with Crippen LogP contribution in [0.1, 0.15) is 5.56 Å². The van der Waals surface area contributed by atoms with Crippen molar-refractivity contribution in [3.8, 4) is 17.0 Å². The van der Waals surface area contributed by atoms with Gasteiger partial charge in [-0.05, 0) is 42.5 Å². The molecule has 0 fully saturated rings. The van der Waals surface area contributed by atoms with Crippen molar-refractivity contribution < 1.29 is 18.3 Å². The highest BCUT2D eigenvalue weighted by Crippen LogP contribution is 2.33. The Morgan fingerprint density at radius 1 is 1.06 bits per heavy atom. The van der Waals surface area contributed by atoms with Crippen molar-refractivity contribution in [2.24, 2.45) is 10.1 Å². The van der Waals surface area contributed by atoms with Crippen molar-refractivity contribution in [2.75, 3.05) is 11.9 Å². The molecule has 3 aromatic carbocycles. The Kier molecular flexibility index (Phi) is 5.54. The number of hydrogen-bond acceptors (Lipinski definition) is 5. The van der Waals surface area contributed by atoms with Gasteiger partial charge in [0.25, 0.3) is 5.91 Å². The van der Waals surface area contributed by atoms with Crippen molar-refractivity contribution >= 4 is 34.8 Å². The molecule has 5 rings (SSSR count). The van der Waals surface area contributed by atoms with Crippen molar-refractivity contribution in [3.63, 3.8) is 0 Å². The quantitative estimate of drug-likeness (QED) is 0.437. The summed E-state index contributed by atoms with van der Waals surface area (Å²) in [6.45, 7) is -0.0293. The summed E-state index contributed by atoms with van der Waals surface area (Å²) in [5.74, 6) is -1.04. The molecule has 0 bridgehead atoms. The molecule has 0 saturated carbocycles. The number of nitrogens with zero attached hydrogens (tertiary/aromatic N) is 3. The SMILES string of the molecule is O=C1COc2ccc(-c3csc(=Nc4ccccc4)n3N=Cc3ccc(F)cc3F)cc2N1. The fraction of sp³-hybridized carbons (Fsp3) is 0.0417. The van der Waals surface area contributed by atoms with Crippen LogP contribution in [-0.4, -0.2) is 23.4 Å². The predicted molar refractivity (Wildman–Crippen MR) is 123 cm³/mol. The highest BCUT2D eigenvalue weighted by atomic mass is 32.1. The van der Waals surface area contributed by atoms with Gasteiger partial charge in [0.05, 0.1) is 23.3 Å².